The van der Waals surface area contributed by atoms with Crippen LogP contribution in [-0.4, -0.2) is 48.5 Å². The van der Waals surface area contributed by atoms with Gasteiger partial charge in [-0.3, -0.25) is 0 Å². The molecule has 3 aromatic carbocycles. The van der Waals surface area contributed by atoms with Gasteiger partial charge in [-0.1, -0.05) is 42.5 Å². The van der Waals surface area contributed by atoms with Crippen LogP contribution in [0.4, 0.5) is 5.82 Å². The molecule has 0 saturated carbocycles. The molecule has 4 aromatic rings. The van der Waals surface area contributed by atoms with E-state index in [0.717, 1.165) is 29.7 Å². The second-order valence-corrected chi connectivity index (χ2v) is 7.98. The molecule has 0 spiro atoms. The summed E-state index contributed by atoms with van der Waals surface area (Å²) < 4.78 is 10.9. The van der Waals surface area contributed by atoms with Crippen LogP contribution >= 0.6 is 0 Å². The molecule has 1 aliphatic rings. The highest BCUT2D eigenvalue weighted by molar-refractivity contribution is 5.92. The summed E-state index contributed by atoms with van der Waals surface area (Å²) >= 11 is 0. The lowest BCUT2D eigenvalue weighted by Crippen LogP contribution is -2.42. The Morgan fingerprint density at radius 1 is 0.903 bits per heavy atom. The first-order chi connectivity index (χ1) is 15.2. The molecular weight excluding hydrogens is 390 g/mol. The average Bonchev–Trinajstić information content (AvgIpc) is 2.81. The van der Waals surface area contributed by atoms with Crippen LogP contribution in [-0.2, 0) is 0 Å². The fraction of sp³-hybridized carbons (Fsp3) is 0.280. The van der Waals surface area contributed by atoms with Gasteiger partial charge in [-0.2, -0.15) is 0 Å². The summed E-state index contributed by atoms with van der Waals surface area (Å²) in [5, 5.41) is 14.1. The number of nitrogens with zero attached hydrogens (tertiary/aromatic N) is 3. The quantitative estimate of drug-likeness (QED) is 0.540. The molecular formula is C25H25N3O3. The second kappa shape index (κ2) is 8.04. The van der Waals surface area contributed by atoms with Crippen LogP contribution in [0.3, 0.4) is 0 Å². The molecule has 5 rings (SSSR count). The summed E-state index contributed by atoms with van der Waals surface area (Å²) in [6.45, 7) is 1.30. The molecule has 1 aliphatic heterocycles. The standard InChI is InChI=1S/C25H25N3O3/c1-30-23-11-21-22(12-24(23)31-2)26-15-27-25(21)28-13-17(10-18(29)14-28)20-9-5-7-16-6-3-4-8-19(16)20/h3-9,11-12,15,17-18,29H,10,13-14H2,1-2H3. The molecule has 0 bridgehead atoms. The number of rotatable bonds is 4. The minimum atomic E-state index is -0.442. The topological polar surface area (TPSA) is 67.7 Å². The summed E-state index contributed by atoms with van der Waals surface area (Å²) in [5.74, 6) is 2.26. The monoisotopic (exact) mass is 415 g/mol. The van der Waals surface area contributed by atoms with Gasteiger partial charge >= 0.3 is 0 Å². The fourth-order valence-electron chi connectivity index (χ4n) is 4.70. The molecule has 2 heterocycles. The van der Waals surface area contributed by atoms with E-state index in [4.69, 9.17) is 9.47 Å². The maximum atomic E-state index is 10.8. The zero-order valence-electron chi connectivity index (χ0n) is 17.7. The molecule has 0 radical (unpaired) electrons. The van der Waals surface area contributed by atoms with E-state index in [1.165, 1.54) is 16.3 Å². The Morgan fingerprint density at radius 2 is 1.68 bits per heavy atom. The highest BCUT2D eigenvalue weighted by Crippen LogP contribution is 2.38. The summed E-state index contributed by atoms with van der Waals surface area (Å²) in [6.07, 6.45) is 1.85. The van der Waals surface area contributed by atoms with Crippen molar-refractivity contribution in [2.45, 2.75) is 18.4 Å². The van der Waals surface area contributed by atoms with Gasteiger partial charge in [-0.15, -0.1) is 0 Å². The van der Waals surface area contributed by atoms with Gasteiger partial charge in [0.05, 0.1) is 25.8 Å². The summed E-state index contributed by atoms with van der Waals surface area (Å²) in [5.41, 5.74) is 2.05. The SMILES string of the molecule is COc1cc2ncnc(N3CC(O)CC(c4cccc5ccccc45)C3)c2cc1OC. The van der Waals surface area contributed by atoms with Crippen molar-refractivity contribution >= 4 is 27.5 Å². The molecule has 6 heteroatoms. The van der Waals surface area contributed by atoms with Crippen LogP contribution in [0.25, 0.3) is 21.7 Å². The van der Waals surface area contributed by atoms with E-state index in [2.05, 4.69) is 57.3 Å². The number of methoxy groups -OCH3 is 2. The first-order valence-electron chi connectivity index (χ1n) is 10.5. The number of β-amino-alcohol motifs (C(OH)–C–C–N with tert-alkyl or cyclic N) is 1. The van der Waals surface area contributed by atoms with Crippen LogP contribution in [0.5, 0.6) is 11.5 Å². The first-order valence-corrected chi connectivity index (χ1v) is 10.5. The summed E-state index contributed by atoms with van der Waals surface area (Å²) in [7, 11) is 3.23. The van der Waals surface area contributed by atoms with Crippen LogP contribution in [0, 0.1) is 0 Å². The Balaban J connectivity index is 1.57. The fourth-order valence-corrected chi connectivity index (χ4v) is 4.70. The Labute approximate surface area is 181 Å². The maximum absolute atomic E-state index is 10.8. The van der Waals surface area contributed by atoms with Crippen molar-refractivity contribution in [3.8, 4) is 11.5 Å². The van der Waals surface area contributed by atoms with Gasteiger partial charge in [0.25, 0.3) is 0 Å². The van der Waals surface area contributed by atoms with Gasteiger partial charge in [0.1, 0.15) is 12.1 Å². The van der Waals surface area contributed by atoms with E-state index in [-0.39, 0.29) is 5.92 Å². The zero-order valence-corrected chi connectivity index (χ0v) is 17.7. The Kier molecular flexibility index (Phi) is 5.08. The third kappa shape index (κ3) is 3.53. The molecule has 2 atom stereocenters. The average molecular weight is 415 g/mol. The van der Waals surface area contributed by atoms with Crippen LogP contribution in [0.15, 0.2) is 60.9 Å². The summed E-state index contributed by atoms with van der Waals surface area (Å²) in [4.78, 5) is 11.2. The molecule has 1 N–H and O–H groups in total. The Hall–Kier alpha value is -3.38. The largest absolute Gasteiger partial charge is 0.493 e. The predicted molar refractivity (Wildman–Crippen MR) is 122 cm³/mol. The lowest BCUT2D eigenvalue weighted by molar-refractivity contribution is 0.144. The number of anilines is 1. The van der Waals surface area contributed by atoms with E-state index in [1.807, 2.05) is 12.1 Å². The molecule has 31 heavy (non-hydrogen) atoms. The molecule has 1 aromatic heterocycles. The van der Waals surface area contributed by atoms with Crippen molar-refractivity contribution in [3.63, 3.8) is 0 Å². The van der Waals surface area contributed by atoms with Gasteiger partial charge in [0.2, 0.25) is 0 Å². The third-order valence-corrected chi connectivity index (χ3v) is 6.11. The molecule has 158 valence electrons. The van der Waals surface area contributed by atoms with Gasteiger partial charge in [-0.25, -0.2) is 9.97 Å². The van der Waals surface area contributed by atoms with Crippen LogP contribution < -0.4 is 14.4 Å². The molecule has 1 fully saturated rings. The minimum Gasteiger partial charge on any atom is -0.493 e. The smallest absolute Gasteiger partial charge is 0.162 e. The van der Waals surface area contributed by atoms with Gasteiger partial charge in [-0.05, 0) is 28.8 Å². The number of fused-ring (bicyclic) bond motifs is 2. The zero-order chi connectivity index (χ0) is 21.4. The van der Waals surface area contributed by atoms with Gasteiger partial charge in [0.15, 0.2) is 11.5 Å². The highest BCUT2D eigenvalue weighted by Gasteiger charge is 2.30. The van der Waals surface area contributed by atoms with Crippen molar-refractivity contribution in [1.29, 1.82) is 0 Å². The first kappa shape index (κ1) is 19.6. The van der Waals surface area contributed by atoms with Crippen molar-refractivity contribution in [3.05, 3.63) is 66.5 Å². The second-order valence-electron chi connectivity index (χ2n) is 7.98. The van der Waals surface area contributed by atoms with E-state index in [9.17, 15) is 5.11 Å². The van der Waals surface area contributed by atoms with Crippen LogP contribution in [0.1, 0.15) is 17.9 Å². The third-order valence-electron chi connectivity index (χ3n) is 6.11. The number of aliphatic hydroxyl groups is 1. The summed E-state index contributed by atoms with van der Waals surface area (Å²) in [6, 6.07) is 18.6. The number of hydrogen-bond donors (Lipinski definition) is 1. The Bertz CT molecular complexity index is 1240. The predicted octanol–water partition coefficient (Wildman–Crippen LogP) is 4.16. The number of benzene rings is 3. The molecule has 0 aliphatic carbocycles. The molecule has 6 nitrogen and oxygen atoms in total. The minimum absolute atomic E-state index is 0.194. The number of aromatic nitrogens is 2. The van der Waals surface area contributed by atoms with Crippen molar-refractivity contribution < 1.29 is 14.6 Å². The van der Waals surface area contributed by atoms with Crippen molar-refractivity contribution in [1.82, 2.24) is 9.97 Å². The van der Waals surface area contributed by atoms with Crippen molar-refractivity contribution in [2.24, 2.45) is 0 Å². The van der Waals surface area contributed by atoms with E-state index in [1.54, 1.807) is 20.5 Å². The number of piperidine rings is 1. The molecule has 0 amide bonds. The number of aliphatic hydroxyl groups excluding tert-OH is 1. The lowest BCUT2D eigenvalue weighted by atomic mass is 9.86. The van der Waals surface area contributed by atoms with E-state index < -0.39 is 6.10 Å². The molecule has 1 saturated heterocycles. The number of hydrogen-bond acceptors (Lipinski definition) is 6. The highest BCUT2D eigenvalue weighted by atomic mass is 16.5. The van der Waals surface area contributed by atoms with Crippen molar-refractivity contribution in [2.75, 3.05) is 32.2 Å². The maximum Gasteiger partial charge on any atom is 0.162 e. The van der Waals surface area contributed by atoms with Gasteiger partial charge in [0, 0.05) is 30.5 Å². The van der Waals surface area contributed by atoms with Gasteiger partial charge < -0.3 is 19.5 Å². The number of ether oxygens (including phenoxy) is 2. The Morgan fingerprint density at radius 3 is 2.52 bits per heavy atom. The van der Waals surface area contributed by atoms with E-state index >= 15 is 0 Å². The molecule has 2 unspecified atom stereocenters. The normalized spacial score (nSPS) is 19.0. The van der Waals surface area contributed by atoms with Crippen LogP contribution in [0.2, 0.25) is 0 Å². The lowest BCUT2D eigenvalue weighted by Gasteiger charge is -2.37. The van der Waals surface area contributed by atoms with E-state index in [0.29, 0.717) is 18.0 Å².